The molecule has 104 valence electrons. The molecule has 19 heavy (non-hydrogen) atoms. The number of carbonyl (C=O) groups excluding carboxylic acids is 1. The van der Waals surface area contributed by atoms with Crippen molar-refractivity contribution in [1.29, 1.82) is 0 Å². The zero-order valence-electron chi connectivity index (χ0n) is 11.7. The third-order valence-corrected chi connectivity index (χ3v) is 3.98. The Kier molecular flexibility index (Phi) is 4.83. The van der Waals surface area contributed by atoms with E-state index in [0.717, 1.165) is 36.4 Å². The topological polar surface area (TPSA) is 55.1 Å². The molecule has 3 nitrogen and oxygen atoms in total. The van der Waals surface area contributed by atoms with Crippen molar-refractivity contribution in [2.45, 2.75) is 51.5 Å². The van der Waals surface area contributed by atoms with Crippen LogP contribution in [0.1, 0.15) is 44.6 Å². The second-order valence-corrected chi connectivity index (χ2v) is 5.74. The van der Waals surface area contributed by atoms with Crippen LogP contribution in [0.5, 0.6) is 0 Å². The summed E-state index contributed by atoms with van der Waals surface area (Å²) in [5, 5.41) is 3.16. The van der Waals surface area contributed by atoms with E-state index >= 15 is 0 Å². The van der Waals surface area contributed by atoms with Crippen molar-refractivity contribution in [3.63, 3.8) is 0 Å². The number of amides is 1. The lowest BCUT2D eigenvalue weighted by atomic mass is 9.87. The van der Waals surface area contributed by atoms with E-state index in [0.29, 0.717) is 12.5 Å². The van der Waals surface area contributed by atoms with Gasteiger partial charge in [0, 0.05) is 18.2 Å². The maximum atomic E-state index is 12.0. The highest BCUT2D eigenvalue weighted by molar-refractivity contribution is 5.76. The van der Waals surface area contributed by atoms with E-state index < -0.39 is 0 Å². The summed E-state index contributed by atoms with van der Waals surface area (Å²) in [5.74, 6) is 0.895. The van der Waals surface area contributed by atoms with Crippen LogP contribution in [-0.2, 0) is 11.2 Å². The van der Waals surface area contributed by atoms with Crippen molar-refractivity contribution in [3.05, 3.63) is 29.8 Å². The Balaban J connectivity index is 1.77. The van der Waals surface area contributed by atoms with Crippen LogP contribution in [0.25, 0.3) is 0 Å². The Morgan fingerprint density at radius 2 is 2.16 bits per heavy atom. The molecule has 2 rings (SSSR count). The lowest BCUT2D eigenvalue weighted by Crippen LogP contribution is -2.38. The van der Waals surface area contributed by atoms with Gasteiger partial charge in [0.25, 0.3) is 0 Å². The van der Waals surface area contributed by atoms with Crippen molar-refractivity contribution in [3.8, 4) is 0 Å². The first kappa shape index (κ1) is 13.9. The molecule has 1 amide bonds. The molecule has 0 radical (unpaired) electrons. The Hall–Kier alpha value is -1.51. The minimum absolute atomic E-state index is 0.155. The van der Waals surface area contributed by atoms with Crippen LogP contribution >= 0.6 is 0 Å². The molecule has 0 spiro atoms. The molecule has 2 atom stereocenters. The fourth-order valence-electron chi connectivity index (χ4n) is 2.88. The van der Waals surface area contributed by atoms with Gasteiger partial charge in [-0.1, -0.05) is 38.0 Å². The number of rotatable bonds is 4. The molecule has 1 aliphatic carbocycles. The summed E-state index contributed by atoms with van der Waals surface area (Å²) in [6.07, 6.45) is 6.04. The van der Waals surface area contributed by atoms with Gasteiger partial charge in [0.05, 0.1) is 0 Å². The summed E-state index contributed by atoms with van der Waals surface area (Å²) in [4.78, 5) is 12.0. The van der Waals surface area contributed by atoms with Crippen LogP contribution in [0.15, 0.2) is 24.3 Å². The number of anilines is 1. The molecule has 3 heteroatoms. The summed E-state index contributed by atoms with van der Waals surface area (Å²) >= 11 is 0. The molecule has 2 unspecified atom stereocenters. The molecule has 0 aliphatic heterocycles. The first-order valence-electron chi connectivity index (χ1n) is 7.28. The van der Waals surface area contributed by atoms with Crippen molar-refractivity contribution in [1.82, 2.24) is 5.32 Å². The Bertz CT molecular complexity index is 431. The van der Waals surface area contributed by atoms with Crippen LogP contribution in [0, 0.1) is 5.92 Å². The highest BCUT2D eigenvalue weighted by Gasteiger charge is 2.20. The summed E-state index contributed by atoms with van der Waals surface area (Å²) in [7, 11) is 0. The average molecular weight is 260 g/mol. The van der Waals surface area contributed by atoms with E-state index in [-0.39, 0.29) is 5.91 Å². The fourth-order valence-corrected chi connectivity index (χ4v) is 2.88. The number of nitrogen functional groups attached to an aromatic ring is 1. The largest absolute Gasteiger partial charge is 0.399 e. The molecule has 0 saturated heterocycles. The molecule has 1 aromatic carbocycles. The minimum Gasteiger partial charge on any atom is -0.399 e. The van der Waals surface area contributed by atoms with Gasteiger partial charge < -0.3 is 11.1 Å². The number of benzene rings is 1. The maximum Gasteiger partial charge on any atom is 0.220 e. The van der Waals surface area contributed by atoms with E-state index in [1.807, 2.05) is 24.3 Å². The lowest BCUT2D eigenvalue weighted by molar-refractivity contribution is -0.122. The van der Waals surface area contributed by atoms with Crippen molar-refractivity contribution < 1.29 is 4.79 Å². The van der Waals surface area contributed by atoms with Gasteiger partial charge >= 0.3 is 0 Å². The first-order valence-corrected chi connectivity index (χ1v) is 7.28. The fraction of sp³-hybridized carbons (Fsp3) is 0.562. The number of hydrogen-bond acceptors (Lipinski definition) is 2. The zero-order valence-corrected chi connectivity index (χ0v) is 11.7. The van der Waals surface area contributed by atoms with Gasteiger partial charge in [0.2, 0.25) is 5.91 Å². The van der Waals surface area contributed by atoms with Gasteiger partial charge in [-0.3, -0.25) is 4.79 Å². The monoisotopic (exact) mass is 260 g/mol. The van der Waals surface area contributed by atoms with E-state index in [2.05, 4.69) is 12.2 Å². The quantitative estimate of drug-likeness (QED) is 0.818. The summed E-state index contributed by atoms with van der Waals surface area (Å²) < 4.78 is 0. The number of hydrogen-bond donors (Lipinski definition) is 2. The SMILES string of the molecule is CC1CCCC(NC(=O)CCc2ccccc2N)C1. The normalized spacial score (nSPS) is 23.0. The third-order valence-electron chi connectivity index (χ3n) is 3.98. The van der Waals surface area contributed by atoms with Crippen molar-refractivity contribution in [2.24, 2.45) is 5.92 Å². The summed E-state index contributed by atoms with van der Waals surface area (Å²) in [6.45, 7) is 2.27. The molecule has 1 aromatic rings. The van der Waals surface area contributed by atoms with Crippen LogP contribution in [0.4, 0.5) is 5.69 Å². The average Bonchev–Trinajstić information content (AvgIpc) is 2.38. The van der Waals surface area contributed by atoms with Gasteiger partial charge in [0.1, 0.15) is 0 Å². The van der Waals surface area contributed by atoms with Gasteiger partial charge in [-0.05, 0) is 36.8 Å². The molecule has 1 aliphatic rings. The van der Waals surface area contributed by atoms with E-state index in [1.54, 1.807) is 0 Å². The molecule has 1 saturated carbocycles. The van der Waals surface area contributed by atoms with Crippen LogP contribution in [-0.4, -0.2) is 11.9 Å². The van der Waals surface area contributed by atoms with E-state index in [1.165, 1.54) is 12.8 Å². The molecule has 0 bridgehead atoms. The second kappa shape index (κ2) is 6.60. The highest BCUT2D eigenvalue weighted by Crippen LogP contribution is 2.23. The summed E-state index contributed by atoms with van der Waals surface area (Å²) in [5.41, 5.74) is 7.72. The lowest BCUT2D eigenvalue weighted by Gasteiger charge is -2.27. The summed E-state index contributed by atoms with van der Waals surface area (Å²) in [6, 6.07) is 8.14. The number of nitrogens with one attached hydrogen (secondary N) is 1. The van der Waals surface area contributed by atoms with Gasteiger partial charge in [-0.15, -0.1) is 0 Å². The molecular weight excluding hydrogens is 236 g/mol. The minimum atomic E-state index is 0.155. The van der Waals surface area contributed by atoms with Gasteiger partial charge in [-0.25, -0.2) is 0 Å². The number of nitrogens with two attached hydrogens (primary N) is 1. The van der Waals surface area contributed by atoms with Crippen molar-refractivity contribution in [2.75, 3.05) is 5.73 Å². The predicted molar refractivity (Wildman–Crippen MR) is 78.7 cm³/mol. The standard InChI is InChI=1S/C16H24N2O/c1-12-5-4-7-14(11-12)18-16(19)10-9-13-6-2-3-8-15(13)17/h2-3,6,8,12,14H,4-5,7,9-11,17H2,1H3,(H,18,19). The first-order chi connectivity index (χ1) is 9.15. The molecule has 3 N–H and O–H groups in total. The van der Waals surface area contributed by atoms with Crippen LogP contribution < -0.4 is 11.1 Å². The Morgan fingerprint density at radius 1 is 1.37 bits per heavy atom. The third kappa shape index (κ3) is 4.27. The Morgan fingerprint density at radius 3 is 2.89 bits per heavy atom. The highest BCUT2D eigenvalue weighted by atomic mass is 16.1. The van der Waals surface area contributed by atoms with E-state index in [4.69, 9.17) is 5.73 Å². The van der Waals surface area contributed by atoms with Crippen molar-refractivity contribution >= 4 is 11.6 Å². The molecule has 0 aromatic heterocycles. The zero-order chi connectivity index (χ0) is 13.7. The number of carbonyl (C=O) groups is 1. The molecule has 1 fully saturated rings. The predicted octanol–water partition coefficient (Wildman–Crippen LogP) is 2.90. The van der Waals surface area contributed by atoms with Crippen LogP contribution in [0.3, 0.4) is 0 Å². The molecule has 0 heterocycles. The number of aryl methyl sites for hydroxylation is 1. The molecular formula is C16H24N2O. The van der Waals surface area contributed by atoms with E-state index in [9.17, 15) is 4.79 Å². The van der Waals surface area contributed by atoms with Gasteiger partial charge in [-0.2, -0.15) is 0 Å². The number of para-hydroxylation sites is 1. The Labute approximate surface area is 115 Å². The maximum absolute atomic E-state index is 12.0. The van der Waals surface area contributed by atoms with Gasteiger partial charge in [0.15, 0.2) is 0 Å². The van der Waals surface area contributed by atoms with Crippen LogP contribution in [0.2, 0.25) is 0 Å². The smallest absolute Gasteiger partial charge is 0.220 e. The second-order valence-electron chi connectivity index (χ2n) is 5.74.